The van der Waals surface area contributed by atoms with Gasteiger partial charge in [-0.15, -0.1) is 0 Å². The first-order valence-electron chi connectivity index (χ1n) is 3.49. The van der Waals surface area contributed by atoms with Crippen LogP contribution in [0.2, 0.25) is 0 Å². The fourth-order valence-corrected chi connectivity index (χ4v) is 2.37. The maximum absolute atomic E-state index is 10.4. The Bertz CT molecular complexity index is 140. The molecule has 2 unspecified atom stereocenters. The highest BCUT2D eigenvalue weighted by Gasteiger charge is 2.31. The van der Waals surface area contributed by atoms with Gasteiger partial charge < -0.3 is 0 Å². The molecule has 0 N–H and O–H groups in total. The molecule has 1 aliphatic carbocycles. The summed E-state index contributed by atoms with van der Waals surface area (Å²) in [6, 6.07) is -0.269. The van der Waals surface area contributed by atoms with E-state index in [0.717, 1.165) is 25.7 Å². The minimum Gasteiger partial charge on any atom is -0.264 e. The molecule has 0 radical (unpaired) electrons. The Morgan fingerprint density at radius 1 is 1.40 bits per heavy atom. The van der Waals surface area contributed by atoms with E-state index in [9.17, 15) is 10.1 Å². The van der Waals surface area contributed by atoms with E-state index in [1.807, 2.05) is 0 Å². The van der Waals surface area contributed by atoms with Gasteiger partial charge >= 0.3 is 0 Å². The Kier molecular flexibility index (Phi) is 2.88. The van der Waals surface area contributed by atoms with Gasteiger partial charge in [-0.25, -0.2) is 0 Å². The van der Waals surface area contributed by atoms with E-state index >= 15 is 0 Å². The van der Waals surface area contributed by atoms with Gasteiger partial charge in [-0.2, -0.15) is 0 Å². The summed E-state index contributed by atoms with van der Waals surface area (Å²) in [5.74, 6) is 0. The molecule has 0 bridgehead atoms. The first kappa shape index (κ1) is 8.23. The molecule has 0 aromatic heterocycles. The second-order valence-corrected chi connectivity index (χ2v) is 4.25. The van der Waals surface area contributed by atoms with Crippen molar-refractivity contribution in [2.24, 2.45) is 0 Å². The summed E-state index contributed by atoms with van der Waals surface area (Å²) in [7, 11) is 0. The zero-order valence-electron chi connectivity index (χ0n) is 5.62. The molecule has 0 aromatic rings. The lowest BCUT2D eigenvalue weighted by molar-refractivity contribution is -0.523. The largest absolute Gasteiger partial charge is 0.264 e. The van der Waals surface area contributed by atoms with Crippen LogP contribution in [-0.4, -0.2) is 14.9 Å². The molecule has 3 nitrogen and oxygen atoms in total. The van der Waals surface area contributed by atoms with Crippen LogP contribution in [0.3, 0.4) is 0 Å². The van der Waals surface area contributed by atoms with Gasteiger partial charge in [-0.3, -0.25) is 10.1 Å². The lowest BCUT2D eigenvalue weighted by atomic mass is 9.96. The summed E-state index contributed by atoms with van der Waals surface area (Å²) in [6.45, 7) is 0. The molecule has 0 heterocycles. The highest BCUT2D eigenvalue weighted by Crippen LogP contribution is 2.26. The number of nitro groups is 1. The van der Waals surface area contributed by atoms with Crippen LogP contribution in [0.1, 0.15) is 25.7 Å². The van der Waals surface area contributed by atoms with Crippen molar-refractivity contribution in [3.63, 3.8) is 0 Å². The van der Waals surface area contributed by atoms with Gasteiger partial charge in [-0.05, 0) is 12.8 Å². The molecule has 1 fully saturated rings. The fraction of sp³-hybridized carbons (Fsp3) is 1.00. The Morgan fingerprint density at radius 3 is 2.40 bits per heavy atom. The topological polar surface area (TPSA) is 43.1 Å². The molecule has 58 valence electrons. The van der Waals surface area contributed by atoms with Crippen molar-refractivity contribution in [1.29, 1.82) is 0 Å². The summed E-state index contributed by atoms with van der Waals surface area (Å²) in [4.78, 5) is 10.2. The van der Waals surface area contributed by atoms with E-state index in [-0.39, 0.29) is 14.9 Å². The predicted molar refractivity (Wildman–Crippen MR) is 47.1 cm³/mol. The molecule has 0 amide bonds. The van der Waals surface area contributed by atoms with Crippen molar-refractivity contribution < 1.29 is 4.92 Å². The number of rotatable bonds is 1. The van der Waals surface area contributed by atoms with Gasteiger partial charge in [0.2, 0.25) is 6.04 Å². The minimum absolute atomic E-state index is 0.129. The summed E-state index contributed by atoms with van der Waals surface area (Å²) in [6.07, 6.45) is 4.00. The van der Waals surface area contributed by atoms with Crippen LogP contribution in [0, 0.1) is 10.1 Å². The highest BCUT2D eigenvalue weighted by molar-refractivity contribution is 14.1. The lowest BCUT2D eigenvalue weighted by Gasteiger charge is -2.19. The van der Waals surface area contributed by atoms with Gasteiger partial charge in [0.15, 0.2) is 0 Å². The summed E-state index contributed by atoms with van der Waals surface area (Å²) >= 11 is 2.19. The zero-order chi connectivity index (χ0) is 7.56. The van der Waals surface area contributed by atoms with Crippen LogP contribution in [0.5, 0.6) is 0 Å². The Labute approximate surface area is 73.5 Å². The lowest BCUT2D eigenvalue weighted by Crippen LogP contribution is -2.32. The third-order valence-electron chi connectivity index (χ3n) is 1.92. The summed E-state index contributed by atoms with van der Waals surface area (Å²) in [5.41, 5.74) is 0. The van der Waals surface area contributed by atoms with Crippen molar-refractivity contribution in [3.05, 3.63) is 10.1 Å². The molecular weight excluding hydrogens is 245 g/mol. The van der Waals surface area contributed by atoms with Crippen molar-refractivity contribution in [2.75, 3.05) is 0 Å². The van der Waals surface area contributed by atoms with E-state index in [0.29, 0.717) is 0 Å². The van der Waals surface area contributed by atoms with Gasteiger partial charge in [0.1, 0.15) is 0 Å². The van der Waals surface area contributed by atoms with Gasteiger partial charge in [0, 0.05) is 11.3 Å². The average molecular weight is 255 g/mol. The number of hydrogen-bond donors (Lipinski definition) is 0. The highest BCUT2D eigenvalue weighted by atomic mass is 127. The Morgan fingerprint density at radius 2 is 2.00 bits per heavy atom. The minimum atomic E-state index is -0.269. The molecule has 0 aliphatic heterocycles. The van der Waals surface area contributed by atoms with Crippen LogP contribution >= 0.6 is 22.6 Å². The predicted octanol–water partition coefficient (Wildman–Crippen LogP) is 2.01. The molecule has 1 aliphatic rings. The monoisotopic (exact) mass is 255 g/mol. The van der Waals surface area contributed by atoms with Gasteiger partial charge in [-0.1, -0.05) is 29.0 Å². The van der Waals surface area contributed by atoms with Crippen LogP contribution < -0.4 is 0 Å². The molecule has 2 atom stereocenters. The summed E-state index contributed by atoms with van der Waals surface area (Å²) in [5, 5.41) is 10.4. The zero-order valence-corrected chi connectivity index (χ0v) is 7.78. The smallest absolute Gasteiger partial charge is 0.224 e. The standard InChI is InChI=1S/C6H10INO2/c7-5-3-1-2-4-6(5)8(9)10/h5-6H,1-4H2. The second-order valence-electron chi connectivity index (χ2n) is 2.65. The average Bonchev–Trinajstić information content (AvgIpc) is 1.88. The van der Waals surface area contributed by atoms with E-state index in [4.69, 9.17) is 0 Å². The molecule has 1 saturated carbocycles. The summed E-state index contributed by atoms with van der Waals surface area (Å²) < 4.78 is 0.265. The molecule has 0 saturated heterocycles. The van der Waals surface area contributed by atoms with E-state index < -0.39 is 0 Å². The van der Waals surface area contributed by atoms with Gasteiger partial charge in [0.25, 0.3) is 0 Å². The molecule has 1 rings (SSSR count). The quantitative estimate of drug-likeness (QED) is 0.311. The molecule has 0 spiro atoms. The molecule has 4 heteroatoms. The first-order chi connectivity index (χ1) is 4.72. The van der Waals surface area contributed by atoms with Crippen LogP contribution in [-0.2, 0) is 0 Å². The fourth-order valence-electron chi connectivity index (χ4n) is 1.30. The Hall–Kier alpha value is 0.130. The van der Waals surface area contributed by atoms with Crippen LogP contribution in [0.4, 0.5) is 0 Å². The maximum Gasteiger partial charge on any atom is 0.224 e. The third kappa shape index (κ3) is 1.81. The molecule has 10 heavy (non-hydrogen) atoms. The number of alkyl halides is 1. The number of nitrogens with zero attached hydrogens (tertiary/aromatic N) is 1. The Balaban J connectivity index is 2.47. The number of halogens is 1. The van der Waals surface area contributed by atoms with E-state index in [1.54, 1.807) is 0 Å². The van der Waals surface area contributed by atoms with Crippen LogP contribution in [0.25, 0.3) is 0 Å². The van der Waals surface area contributed by atoms with Crippen molar-refractivity contribution in [1.82, 2.24) is 0 Å². The van der Waals surface area contributed by atoms with E-state index in [1.165, 1.54) is 0 Å². The van der Waals surface area contributed by atoms with Gasteiger partial charge in [0.05, 0.1) is 3.92 Å². The normalized spacial score (nSPS) is 33.7. The number of hydrogen-bond acceptors (Lipinski definition) is 2. The molecule has 0 aromatic carbocycles. The third-order valence-corrected chi connectivity index (χ3v) is 3.37. The van der Waals surface area contributed by atoms with Crippen LogP contribution in [0.15, 0.2) is 0 Å². The maximum atomic E-state index is 10.4. The van der Waals surface area contributed by atoms with E-state index in [2.05, 4.69) is 22.6 Å². The second kappa shape index (κ2) is 3.50. The van der Waals surface area contributed by atoms with Crippen molar-refractivity contribution in [2.45, 2.75) is 35.6 Å². The first-order valence-corrected chi connectivity index (χ1v) is 4.74. The van der Waals surface area contributed by atoms with Crippen molar-refractivity contribution >= 4 is 22.6 Å². The SMILES string of the molecule is O=[N+]([O-])C1CCCCC1I. The molecular formula is C6H10INO2. The van der Waals surface area contributed by atoms with Crippen molar-refractivity contribution in [3.8, 4) is 0 Å².